The molecular weight excluding hydrogens is 254 g/mol. The number of hydrogen-bond acceptors (Lipinski definition) is 2. The van der Waals surface area contributed by atoms with Gasteiger partial charge in [0.25, 0.3) is 0 Å². The highest BCUT2D eigenvalue weighted by molar-refractivity contribution is 5.82. The van der Waals surface area contributed by atoms with Crippen molar-refractivity contribution in [2.75, 3.05) is 6.54 Å². The Balaban J connectivity index is 1.73. The van der Waals surface area contributed by atoms with Gasteiger partial charge in [-0.25, -0.2) is 0 Å². The van der Waals surface area contributed by atoms with Gasteiger partial charge in [0, 0.05) is 12.0 Å². The molecule has 1 amide bonds. The Hall–Kier alpha value is -1.06. The number of rotatable bonds is 4. The fraction of sp³-hybridized carbons (Fsp3) is 0.875. The van der Waals surface area contributed by atoms with Crippen LogP contribution in [0.5, 0.6) is 0 Å². The minimum absolute atomic E-state index is 0.169. The second-order valence-corrected chi connectivity index (χ2v) is 6.89. The van der Waals surface area contributed by atoms with Crippen molar-refractivity contribution in [3.63, 3.8) is 0 Å². The molecule has 2 aliphatic rings. The summed E-state index contributed by atoms with van der Waals surface area (Å²) in [7, 11) is 0. The van der Waals surface area contributed by atoms with E-state index in [0.29, 0.717) is 5.92 Å². The van der Waals surface area contributed by atoms with Crippen molar-refractivity contribution in [1.29, 1.82) is 0 Å². The molecule has 0 atom stereocenters. The summed E-state index contributed by atoms with van der Waals surface area (Å²) in [6.45, 7) is 2.81. The van der Waals surface area contributed by atoms with Crippen molar-refractivity contribution >= 4 is 11.9 Å². The fourth-order valence-corrected chi connectivity index (χ4v) is 3.62. The SMILES string of the molecule is CC1(C(=O)NCC2CCC(C(=O)O)CC2)CCCCC1. The zero-order chi connectivity index (χ0) is 14.6. The number of carbonyl (C=O) groups is 2. The standard InChI is InChI=1S/C16H27NO3/c1-16(9-3-2-4-10-16)15(20)17-11-12-5-7-13(8-6-12)14(18)19/h12-13H,2-11H2,1H3,(H,17,20)(H,18,19). The highest BCUT2D eigenvalue weighted by Crippen LogP contribution is 2.36. The second-order valence-electron chi connectivity index (χ2n) is 6.89. The van der Waals surface area contributed by atoms with E-state index < -0.39 is 5.97 Å². The maximum Gasteiger partial charge on any atom is 0.306 e. The van der Waals surface area contributed by atoms with Crippen LogP contribution < -0.4 is 5.32 Å². The molecule has 4 nitrogen and oxygen atoms in total. The maximum atomic E-state index is 12.3. The van der Waals surface area contributed by atoms with Crippen molar-refractivity contribution in [2.24, 2.45) is 17.3 Å². The normalized spacial score (nSPS) is 29.6. The summed E-state index contributed by atoms with van der Waals surface area (Å²) in [4.78, 5) is 23.2. The molecule has 4 heteroatoms. The molecule has 0 heterocycles. The summed E-state index contributed by atoms with van der Waals surface area (Å²) in [6.07, 6.45) is 8.95. The van der Waals surface area contributed by atoms with Crippen molar-refractivity contribution in [3.05, 3.63) is 0 Å². The summed E-state index contributed by atoms with van der Waals surface area (Å²) in [5, 5.41) is 12.1. The Morgan fingerprint density at radius 1 is 1.10 bits per heavy atom. The van der Waals surface area contributed by atoms with Gasteiger partial charge in [0.2, 0.25) is 5.91 Å². The lowest BCUT2D eigenvalue weighted by Crippen LogP contribution is -2.42. The first-order valence-electron chi connectivity index (χ1n) is 8.02. The van der Waals surface area contributed by atoms with E-state index in [0.717, 1.165) is 57.9 Å². The van der Waals surface area contributed by atoms with Crippen LogP contribution in [0, 0.1) is 17.3 Å². The van der Waals surface area contributed by atoms with Crippen LogP contribution >= 0.6 is 0 Å². The number of hydrogen-bond donors (Lipinski definition) is 2. The average molecular weight is 281 g/mol. The molecule has 0 aromatic heterocycles. The molecule has 0 aromatic rings. The molecule has 0 unspecified atom stereocenters. The zero-order valence-corrected chi connectivity index (χ0v) is 12.5. The van der Waals surface area contributed by atoms with Crippen LogP contribution in [-0.2, 0) is 9.59 Å². The second kappa shape index (κ2) is 6.59. The molecule has 2 fully saturated rings. The molecule has 2 N–H and O–H groups in total. The number of aliphatic carboxylic acids is 1. The van der Waals surface area contributed by atoms with E-state index in [9.17, 15) is 9.59 Å². The van der Waals surface area contributed by atoms with Gasteiger partial charge in [-0.15, -0.1) is 0 Å². The van der Waals surface area contributed by atoms with E-state index in [1.54, 1.807) is 0 Å². The van der Waals surface area contributed by atoms with Gasteiger partial charge in [0.1, 0.15) is 0 Å². The van der Waals surface area contributed by atoms with E-state index in [1.807, 2.05) is 0 Å². The monoisotopic (exact) mass is 281 g/mol. The van der Waals surface area contributed by atoms with Crippen LogP contribution in [0.25, 0.3) is 0 Å². The molecule has 2 rings (SSSR count). The first-order chi connectivity index (χ1) is 9.51. The number of amides is 1. The van der Waals surface area contributed by atoms with E-state index >= 15 is 0 Å². The number of nitrogens with one attached hydrogen (secondary N) is 1. The largest absolute Gasteiger partial charge is 0.481 e. The van der Waals surface area contributed by atoms with Gasteiger partial charge >= 0.3 is 5.97 Å². The molecule has 0 aromatic carbocycles. The molecule has 0 spiro atoms. The Morgan fingerprint density at radius 2 is 1.70 bits per heavy atom. The van der Waals surface area contributed by atoms with Gasteiger partial charge in [-0.1, -0.05) is 26.2 Å². The molecule has 0 bridgehead atoms. The summed E-state index contributed by atoms with van der Waals surface area (Å²) in [5.74, 6) is -0.167. The first kappa shape index (κ1) is 15.3. The predicted molar refractivity (Wildman–Crippen MR) is 77.3 cm³/mol. The molecular formula is C16H27NO3. The van der Waals surface area contributed by atoms with Crippen LogP contribution in [0.1, 0.15) is 64.7 Å². The van der Waals surface area contributed by atoms with E-state index in [4.69, 9.17) is 5.11 Å². The lowest BCUT2D eigenvalue weighted by atomic mass is 9.75. The molecule has 0 radical (unpaired) electrons. The maximum absolute atomic E-state index is 12.3. The van der Waals surface area contributed by atoms with E-state index in [-0.39, 0.29) is 17.2 Å². The Labute approximate surface area is 121 Å². The van der Waals surface area contributed by atoms with Crippen molar-refractivity contribution in [3.8, 4) is 0 Å². The summed E-state index contributed by atoms with van der Waals surface area (Å²) in [6, 6.07) is 0. The molecule has 0 aliphatic heterocycles. The van der Waals surface area contributed by atoms with Crippen molar-refractivity contribution in [1.82, 2.24) is 5.32 Å². The Bertz CT molecular complexity index is 353. The Morgan fingerprint density at radius 3 is 2.25 bits per heavy atom. The third-order valence-corrected chi connectivity index (χ3v) is 5.25. The Kier molecular flexibility index (Phi) is 5.06. The first-order valence-corrected chi connectivity index (χ1v) is 8.02. The van der Waals surface area contributed by atoms with Gasteiger partial charge in [0.05, 0.1) is 5.92 Å². The van der Waals surface area contributed by atoms with Crippen LogP contribution in [0.2, 0.25) is 0 Å². The van der Waals surface area contributed by atoms with Crippen molar-refractivity contribution < 1.29 is 14.7 Å². The zero-order valence-electron chi connectivity index (χ0n) is 12.5. The molecule has 2 aliphatic carbocycles. The lowest BCUT2D eigenvalue weighted by Gasteiger charge is -2.33. The fourth-order valence-electron chi connectivity index (χ4n) is 3.62. The van der Waals surface area contributed by atoms with E-state index in [1.165, 1.54) is 6.42 Å². The summed E-state index contributed by atoms with van der Waals surface area (Å²) >= 11 is 0. The number of carboxylic acids is 1. The van der Waals surface area contributed by atoms with Gasteiger partial charge in [-0.2, -0.15) is 0 Å². The highest BCUT2D eigenvalue weighted by atomic mass is 16.4. The molecule has 114 valence electrons. The highest BCUT2D eigenvalue weighted by Gasteiger charge is 2.35. The van der Waals surface area contributed by atoms with Crippen LogP contribution in [0.15, 0.2) is 0 Å². The topological polar surface area (TPSA) is 66.4 Å². The lowest BCUT2D eigenvalue weighted by molar-refractivity contribution is -0.143. The smallest absolute Gasteiger partial charge is 0.306 e. The number of carboxylic acid groups (broad SMARTS) is 1. The minimum Gasteiger partial charge on any atom is -0.481 e. The third kappa shape index (κ3) is 3.74. The summed E-state index contributed by atoms with van der Waals surface area (Å²) < 4.78 is 0. The van der Waals surface area contributed by atoms with Crippen molar-refractivity contribution in [2.45, 2.75) is 64.7 Å². The quantitative estimate of drug-likeness (QED) is 0.832. The van der Waals surface area contributed by atoms with Gasteiger partial charge in [0.15, 0.2) is 0 Å². The summed E-state index contributed by atoms with van der Waals surface area (Å²) in [5.41, 5.74) is -0.170. The third-order valence-electron chi connectivity index (χ3n) is 5.25. The molecule has 2 saturated carbocycles. The van der Waals surface area contributed by atoms with Crippen LogP contribution in [0.4, 0.5) is 0 Å². The minimum atomic E-state index is -0.665. The molecule has 20 heavy (non-hydrogen) atoms. The van der Waals surface area contributed by atoms with E-state index in [2.05, 4.69) is 12.2 Å². The van der Waals surface area contributed by atoms with Crippen LogP contribution in [0.3, 0.4) is 0 Å². The average Bonchev–Trinajstić information content (AvgIpc) is 2.46. The number of carbonyl (C=O) groups excluding carboxylic acids is 1. The predicted octanol–water partition coefficient (Wildman–Crippen LogP) is 2.96. The van der Waals surface area contributed by atoms with Gasteiger partial charge in [-0.05, 0) is 44.4 Å². The molecule has 0 saturated heterocycles. The van der Waals surface area contributed by atoms with Gasteiger partial charge in [-0.3, -0.25) is 9.59 Å². The van der Waals surface area contributed by atoms with Gasteiger partial charge < -0.3 is 10.4 Å². The van der Waals surface area contributed by atoms with Crippen LogP contribution in [-0.4, -0.2) is 23.5 Å².